The van der Waals surface area contributed by atoms with Crippen molar-refractivity contribution in [1.29, 1.82) is 0 Å². The number of nitrogens with zero attached hydrogens (tertiary/aromatic N) is 1. The third kappa shape index (κ3) is 4.58. The molecule has 0 radical (unpaired) electrons. The fourth-order valence-corrected chi connectivity index (χ4v) is 2.74. The highest BCUT2D eigenvalue weighted by atomic mass is 16.5. The Balaban J connectivity index is 1.60. The molecule has 0 spiro atoms. The van der Waals surface area contributed by atoms with Gasteiger partial charge in [0, 0.05) is 30.2 Å². The summed E-state index contributed by atoms with van der Waals surface area (Å²) in [5, 5.41) is 1.09. The highest BCUT2D eigenvalue weighted by Crippen LogP contribution is 2.17. The molecule has 5 heteroatoms. The quantitative estimate of drug-likeness (QED) is 0.677. The molecule has 0 saturated heterocycles. The summed E-state index contributed by atoms with van der Waals surface area (Å²) < 4.78 is 11.2. The lowest BCUT2D eigenvalue weighted by Crippen LogP contribution is -2.33. The molecule has 5 nitrogen and oxygen atoms in total. The van der Waals surface area contributed by atoms with Gasteiger partial charge in [0.15, 0.2) is 0 Å². The van der Waals surface area contributed by atoms with Gasteiger partial charge in [0.25, 0.3) is 0 Å². The predicted octanol–water partition coefficient (Wildman–Crippen LogP) is 3.25. The number of fused-ring (bicyclic) bond motifs is 1. The lowest BCUT2D eigenvalue weighted by molar-refractivity contribution is -0.129. The van der Waals surface area contributed by atoms with Crippen molar-refractivity contribution in [3.8, 4) is 5.75 Å². The molecule has 2 N–H and O–H groups in total. The summed E-state index contributed by atoms with van der Waals surface area (Å²) in [6.45, 7) is 2.74. The van der Waals surface area contributed by atoms with Crippen molar-refractivity contribution in [2.75, 3.05) is 6.61 Å². The van der Waals surface area contributed by atoms with Crippen LogP contribution in [0.4, 0.5) is 0 Å². The molecular weight excluding hydrogens is 328 g/mol. The first-order chi connectivity index (χ1) is 12.7. The van der Waals surface area contributed by atoms with Crippen LogP contribution in [0.2, 0.25) is 0 Å². The summed E-state index contributed by atoms with van der Waals surface area (Å²) in [6.07, 6.45) is 1.68. The van der Waals surface area contributed by atoms with Crippen molar-refractivity contribution >= 4 is 16.8 Å². The van der Waals surface area contributed by atoms with Crippen LogP contribution in [0.25, 0.3) is 10.9 Å². The van der Waals surface area contributed by atoms with Crippen LogP contribution in [0.15, 0.2) is 60.8 Å². The monoisotopic (exact) mass is 350 g/mol. The van der Waals surface area contributed by atoms with Gasteiger partial charge in [0.05, 0.1) is 5.52 Å². The number of carbonyl (C=O) groups excluding carboxylic acids is 1. The standard InChI is InChI=1S/C21H22N2O3/c1-2-25-20(21(22)24)12-15-7-9-18(10-8-15)26-14-16-11-17-5-3-4-6-19(17)23-13-16/h3-11,13,20H,2,12,14H2,1H3,(H2,22,24). The topological polar surface area (TPSA) is 74.4 Å². The van der Waals surface area contributed by atoms with E-state index in [0.717, 1.165) is 27.8 Å². The molecule has 0 aliphatic heterocycles. The number of para-hydroxylation sites is 1. The average Bonchev–Trinajstić information content (AvgIpc) is 2.67. The van der Waals surface area contributed by atoms with Gasteiger partial charge in [0.2, 0.25) is 5.91 Å². The summed E-state index contributed by atoms with van der Waals surface area (Å²) in [4.78, 5) is 15.8. The van der Waals surface area contributed by atoms with Crippen molar-refractivity contribution in [2.24, 2.45) is 5.73 Å². The molecular formula is C21H22N2O3. The summed E-state index contributed by atoms with van der Waals surface area (Å²) >= 11 is 0. The molecule has 0 saturated carbocycles. The predicted molar refractivity (Wildman–Crippen MR) is 101 cm³/mol. The van der Waals surface area contributed by atoms with E-state index in [1.807, 2.05) is 61.7 Å². The van der Waals surface area contributed by atoms with Crippen LogP contribution in [0.5, 0.6) is 5.75 Å². The van der Waals surface area contributed by atoms with Gasteiger partial charge in [-0.2, -0.15) is 0 Å². The number of aromatic nitrogens is 1. The highest BCUT2D eigenvalue weighted by molar-refractivity contribution is 5.79. The minimum absolute atomic E-state index is 0.444. The van der Waals surface area contributed by atoms with Gasteiger partial charge < -0.3 is 15.2 Å². The number of benzene rings is 2. The molecule has 134 valence electrons. The number of rotatable bonds is 8. The number of ether oxygens (including phenoxy) is 2. The van der Waals surface area contributed by atoms with Crippen molar-refractivity contribution in [2.45, 2.75) is 26.1 Å². The summed E-state index contributed by atoms with van der Waals surface area (Å²) in [6, 6.07) is 17.7. The SMILES string of the molecule is CCOC(Cc1ccc(OCc2cnc3ccccc3c2)cc1)C(N)=O. The summed E-state index contributed by atoms with van der Waals surface area (Å²) in [7, 11) is 0. The molecule has 1 atom stereocenters. The van der Waals surface area contributed by atoms with Crippen molar-refractivity contribution in [3.05, 3.63) is 71.9 Å². The van der Waals surface area contributed by atoms with Crippen molar-refractivity contribution in [1.82, 2.24) is 4.98 Å². The lowest BCUT2D eigenvalue weighted by atomic mass is 10.1. The van der Waals surface area contributed by atoms with Crippen LogP contribution in [0, 0.1) is 0 Å². The van der Waals surface area contributed by atoms with Crippen LogP contribution in [0.1, 0.15) is 18.1 Å². The van der Waals surface area contributed by atoms with Gasteiger partial charge in [-0.15, -0.1) is 0 Å². The maximum absolute atomic E-state index is 11.4. The Hall–Kier alpha value is -2.92. The Labute approximate surface area is 152 Å². The highest BCUT2D eigenvalue weighted by Gasteiger charge is 2.15. The fraction of sp³-hybridized carbons (Fsp3) is 0.238. The molecule has 3 aromatic rings. The van der Waals surface area contributed by atoms with Crippen LogP contribution < -0.4 is 10.5 Å². The normalized spacial score (nSPS) is 12.0. The average molecular weight is 350 g/mol. The molecule has 0 aliphatic carbocycles. The van der Waals surface area contributed by atoms with Gasteiger partial charge in [-0.05, 0) is 36.8 Å². The van der Waals surface area contributed by atoms with E-state index in [0.29, 0.717) is 19.6 Å². The maximum Gasteiger partial charge on any atom is 0.246 e. The Morgan fingerprint density at radius 1 is 1.12 bits per heavy atom. The van der Waals surface area contributed by atoms with Crippen LogP contribution >= 0.6 is 0 Å². The van der Waals surface area contributed by atoms with Crippen molar-refractivity contribution < 1.29 is 14.3 Å². The van der Waals surface area contributed by atoms with E-state index in [1.54, 1.807) is 0 Å². The Morgan fingerprint density at radius 3 is 2.62 bits per heavy atom. The lowest BCUT2D eigenvalue weighted by Gasteiger charge is -2.13. The second kappa shape index (κ2) is 8.45. The first-order valence-corrected chi connectivity index (χ1v) is 8.62. The molecule has 0 fully saturated rings. The Kier molecular flexibility index (Phi) is 5.81. The summed E-state index contributed by atoms with van der Waals surface area (Å²) in [5.74, 6) is 0.310. The third-order valence-electron chi connectivity index (χ3n) is 4.08. The molecule has 2 aromatic carbocycles. The largest absolute Gasteiger partial charge is 0.489 e. The van der Waals surface area contributed by atoms with Gasteiger partial charge in [-0.1, -0.05) is 30.3 Å². The zero-order valence-corrected chi connectivity index (χ0v) is 14.7. The molecule has 3 rings (SSSR count). The molecule has 1 aromatic heterocycles. The Bertz CT molecular complexity index is 878. The minimum Gasteiger partial charge on any atom is -0.489 e. The van der Waals surface area contributed by atoms with E-state index in [2.05, 4.69) is 11.1 Å². The number of carbonyl (C=O) groups is 1. The number of amides is 1. The van der Waals surface area contributed by atoms with Gasteiger partial charge >= 0.3 is 0 Å². The van der Waals surface area contributed by atoms with E-state index in [-0.39, 0.29) is 0 Å². The smallest absolute Gasteiger partial charge is 0.246 e. The van der Waals surface area contributed by atoms with E-state index in [1.165, 1.54) is 0 Å². The zero-order chi connectivity index (χ0) is 18.4. The zero-order valence-electron chi connectivity index (χ0n) is 14.7. The Morgan fingerprint density at radius 2 is 1.88 bits per heavy atom. The van der Waals surface area contributed by atoms with Crippen LogP contribution in [-0.2, 0) is 22.6 Å². The van der Waals surface area contributed by atoms with E-state index in [4.69, 9.17) is 15.2 Å². The van der Waals surface area contributed by atoms with Gasteiger partial charge in [-0.3, -0.25) is 9.78 Å². The second-order valence-electron chi connectivity index (χ2n) is 6.02. The van der Waals surface area contributed by atoms with Crippen molar-refractivity contribution in [3.63, 3.8) is 0 Å². The summed E-state index contributed by atoms with van der Waals surface area (Å²) in [5.41, 5.74) is 8.31. The third-order valence-corrected chi connectivity index (χ3v) is 4.08. The van der Waals surface area contributed by atoms with Gasteiger partial charge in [-0.25, -0.2) is 0 Å². The molecule has 1 amide bonds. The van der Waals surface area contributed by atoms with E-state index >= 15 is 0 Å². The minimum atomic E-state index is -0.601. The molecule has 1 unspecified atom stereocenters. The van der Waals surface area contributed by atoms with Crippen LogP contribution in [-0.4, -0.2) is 23.6 Å². The first-order valence-electron chi connectivity index (χ1n) is 8.62. The number of primary amides is 1. The number of pyridine rings is 1. The first kappa shape index (κ1) is 17.9. The van der Waals surface area contributed by atoms with E-state index in [9.17, 15) is 4.79 Å². The molecule has 1 heterocycles. The fourth-order valence-electron chi connectivity index (χ4n) is 2.74. The number of nitrogens with two attached hydrogens (primary N) is 1. The maximum atomic E-state index is 11.4. The number of hydrogen-bond acceptors (Lipinski definition) is 4. The van der Waals surface area contributed by atoms with Gasteiger partial charge in [0.1, 0.15) is 18.5 Å². The van der Waals surface area contributed by atoms with Crippen LogP contribution in [0.3, 0.4) is 0 Å². The van der Waals surface area contributed by atoms with E-state index < -0.39 is 12.0 Å². The second-order valence-corrected chi connectivity index (χ2v) is 6.02. The molecule has 0 aliphatic rings. The molecule has 0 bridgehead atoms. The molecule has 26 heavy (non-hydrogen) atoms. The number of hydrogen-bond donors (Lipinski definition) is 1.